The molecule has 4 aromatic rings. The van der Waals surface area contributed by atoms with Gasteiger partial charge in [0.2, 0.25) is 0 Å². The van der Waals surface area contributed by atoms with Gasteiger partial charge < -0.3 is 20.4 Å². The Kier molecular flexibility index (Phi) is 5.91. The first-order valence-electron chi connectivity index (χ1n) is 11.5. The van der Waals surface area contributed by atoms with Gasteiger partial charge in [-0.2, -0.15) is 0 Å². The number of anilines is 1. The van der Waals surface area contributed by atoms with Crippen LogP contribution in [-0.4, -0.2) is 48.6 Å². The second kappa shape index (κ2) is 8.94. The van der Waals surface area contributed by atoms with Crippen LogP contribution in [0.5, 0.6) is 5.75 Å². The zero-order valence-corrected chi connectivity index (χ0v) is 20.7. The standard InChI is InChI=1S/C26H25FN4O4S/c1-3-18-19(6-9-23(24(18)27)36(2,33)34)25(32)31-10-11-35-22-8-5-15(12-17(22)14-31)16-4-7-20-21(13-16)30-26(28)29-20/h4-9,12-13H,3,10-11,14H2,1-2H3,(H3,28,29,30). The van der Waals surface area contributed by atoms with Crippen LogP contribution in [0.1, 0.15) is 28.4 Å². The Morgan fingerprint density at radius 3 is 2.67 bits per heavy atom. The number of ether oxygens (including phenoxy) is 1. The largest absolute Gasteiger partial charge is 0.491 e. The summed E-state index contributed by atoms with van der Waals surface area (Å²) in [5, 5.41) is 0. The molecule has 1 amide bonds. The first-order valence-corrected chi connectivity index (χ1v) is 13.4. The molecule has 0 unspecified atom stereocenters. The number of carbonyl (C=O) groups is 1. The number of fused-ring (bicyclic) bond motifs is 2. The Bertz CT molecular complexity index is 1610. The molecule has 10 heteroatoms. The summed E-state index contributed by atoms with van der Waals surface area (Å²) in [6, 6.07) is 14.1. The fraction of sp³-hybridized carbons (Fsp3) is 0.231. The molecule has 8 nitrogen and oxygen atoms in total. The van der Waals surface area contributed by atoms with Crippen molar-refractivity contribution in [1.82, 2.24) is 14.9 Å². The molecular weight excluding hydrogens is 483 g/mol. The highest BCUT2D eigenvalue weighted by Gasteiger charge is 2.27. The Morgan fingerprint density at radius 1 is 1.17 bits per heavy atom. The number of nitrogens with one attached hydrogen (secondary N) is 1. The lowest BCUT2D eigenvalue weighted by atomic mass is 10.0. The summed E-state index contributed by atoms with van der Waals surface area (Å²) >= 11 is 0. The van der Waals surface area contributed by atoms with Crippen LogP contribution in [0.25, 0.3) is 22.2 Å². The van der Waals surface area contributed by atoms with Gasteiger partial charge in [0.1, 0.15) is 23.1 Å². The number of aromatic amines is 1. The van der Waals surface area contributed by atoms with Crippen molar-refractivity contribution in [2.75, 3.05) is 25.1 Å². The van der Waals surface area contributed by atoms with Crippen LogP contribution in [0.4, 0.5) is 10.3 Å². The number of nitrogens with zero attached hydrogens (tertiary/aromatic N) is 2. The van der Waals surface area contributed by atoms with E-state index in [4.69, 9.17) is 10.5 Å². The number of hydrogen-bond acceptors (Lipinski definition) is 6. The minimum absolute atomic E-state index is 0.0918. The number of sulfone groups is 1. The molecule has 0 atom stereocenters. The first kappa shape index (κ1) is 23.8. The highest BCUT2D eigenvalue weighted by atomic mass is 32.2. The number of H-pyrrole nitrogens is 1. The SMILES string of the molecule is CCc1c(C(=O)N2CCOc3ccc(-c4ccc5nc(N)[nH]c5c4)cc3C2)ccc(S(C)(=O)=O)c1F. The van der Waals surface area contributed by atoms with E-state index in [-0.39, 0.29) is 36.6 Å². The minimum Gasteiger partial charge on any atom is -0.491 e. The maximum atomic E-state index is 15.0. The Labute approximate surface area is 207 Å². The van der Waals surface area contributed by atoms with Crippen LogP contribution in [0, 0.1) is 5.82 Å². The molecule has 0 radical (unpaired) electrons. The van der Waals surface area contributed by atoms with Crippen LogP contribution < -0.4 is 10.5 Å². The summed E-state index contributed by atoms with van der Waals surface area (Å²) in [6.45, 7) is 2.54. The van der Waals surface area contributed by atoms with Crippen LogP contribution in [0.15, 0.2) is 53.4 Å². The summed E-state index contributed by atoms with van der Waals surface area (Å²) in [5.41, 5.74) is 10.3. The molecule has 3 aromatic carbocycles. The lowest BCUT2D eigenvalue weighted by molar-refractivity contribution is 0.0731. The lowest BCUT2D eigenvalue weighted by Crippen LogP contribution is -2.33. The number of hydrogen-bond donors (Lipinski definition) is 2. The first-order chi connectivity index (χ1) is 17.2. The van der Waals surface area contributed by atoms with Crippen LogP contribution in [0.3, 0.4) is 0 Å². The number of rotatable bonds is 4. The van der Waals surface area contributed by atoms with Crippen LogP contribution in [-0.2, 0) is 22.8 Å². The third-order valence-corrected chi connectivity index (χ3v) is 7.47. The maximum absolute atomic E-state index is 15.0. The molecule has 0 saturated carbocycles. The zero-order valence-electron chi connectivity index (χ0n) is 19.8. The molecule has 0 saturated heterocycles. The van der Waals surface area contributed by atoms with Crippen LogP contribution >= 0.6 is 0 Å². The third-order valence-electron chi connectivity index (χ3n) is 6.35. The normalized spacial score (nSPS) is 13.8. The van der Waals surface area contributed by atoms with Crippen molar-refractivity contribution in [3.63, 3.8) is 0 Å². The van der Waals surface area contributed by atoms with Gasteiger partial charge in [0, 0.05) is 29.5 Å². The van der Waals surface area contributed by atoms with Crippen LogP contribution in [0.2, 0.25) is 0 Å². The predicted molar refractivity (Wildman–Crippen MR) is 135 cm³/mol. The van der Waals surface area contributed by atoms with E-state index in [1.54, 1.807) is 11.8 Å². The number of amides is 1. The molecule has 186 valence electrons. The summed E-state index contributed by atoms with van der Waals surface area (Å²) in [7, 11) is -3.76. The van der Waals surface area contributed by atoms with Gasteiger partial charge in [0.15, 0.2) is 15.8 Å². The maximum Gasteiger partial charge on any atom is 0.254 e. The third kappa shape index (κ3) is 4.28. The van der Waals surface area contributed by atoms with Gasteiger partial charge in [-0.15, -0.1) is 0 Å². The fourth-order valence-corrected chi connectivity index (χ4v) is 5.32. The number of benzene rings is 3. The molecule has 0 bridgehead atoms. The van der Waals surface area contributed by atoms with E-state index >= 15 is 4.39 Å². The highest BCUT2D eigenvalue weighted by molar-refractivity contribution is 7.90. The van der Waals surface area contributed by atoms with Gasteiger partial charge in [-0.25, -0.2) is 17.8 Å². The van der Waals surface area contributed by atoms with E-state index in [9.17, 15) is 13.2 Å². The van der Waals surface area contributed by atoms with Gasteiger partial charge in [-0.3, -0.25) is 4.79 Å². The second-order valence-corrected chi connectivity index (χ2v) is 10.8. The molecule has 1 aliphatic rings. The summed E-state index contributed by atoms with van der Waals surface area (Å²) in [6.07, 6.45) is 1.13. The molecule has 0 spiro atoms. The van der Waals surface area contributed by atoms with Crippen molar-refractivity contribution in [1.29, 1.82) is 0 Å². The van der Waals surface area contributed by atoms with Crippen molar-refractivity contribution in [3.05, 3.63) is 71.0 Å². The van der Waals surface area contributed by atoms with Gasteiger partial charge in [0.25, 0.3) is 5.91 Å². The number of aromatic nitrogens is 2. The van der Waals surface area contributed by atoms with Gasteiger partial charge in [-0.05, 0) is 53.9 Å². The second-order valence-electron chi connectivity index (χ2n) is 8.78. The number of carbonyl (C=O) groups excluding carboxylic acids is 1. The Morgan fingerprint density at radius 2 is 1.92 bits per heavy atom. The quantitative estimate of drug-likeness (QED) is 0.431. The minimum atomic E-state index is -3.76. The summed E-state index contributed by atoms with van der Waals surface area (Å²) < 4.78 is 44.8. The molecular formula is C26H25FN4O4S. The predicted octanol–water partition coefficient (Wildman–Crippen LogP) is 3.95. The number of halogens is 1. The molecule has 3 N–H and O–H groups in total. The van der Waals surface area contributed by atoms with E-state index in [2.05, 4.69) is 9.97 Å². The smallest absolute Gasteiger partial charge is 0.254 e. The van der Waals surface area contributed by atoms with E-state index in [0.717, 1.165) is 40.0 Å². The molecule has 1 aromatic heterocycles. The Balaban J connectivity index is 1.48. The molecule has 2 heterocycles. The van der Waals surface area contributed by atoms with Crippen molar-refractivity contribution in [2.24, 2.45) is 0 Å². The van der Waals surface area contributed by atoms with Gasteiger partial charge in [-0.1, -0.05) is 19.1 Å². The molecule has 5 rings (SSSR count). The zero-order chi connectivity index (χ0) is 25.6. The topological polar surface area (TPSA) is 118 Å². The van der Waals surface area contributed by atoms with E-state index in [1.165, 1.54) is 6.07 Å². The van der Waals surface area contributed by atoms with E-state index in [0.29, 0.717) is 18.2 Å². The molecule has 0 fully saturated rings. The lowest BCUT2D eigenvalue weighted by Gasteiger charge is -2.22. The van der Waals surface area contributed by atoms with E-state index in [1.807, 2.05) is 36.4 Å². The van der Waals surface area contributed by atoms with Gasteiger partial charge >= 0.3 is 0 Å². The number of imidazole rings is 1. The summed E-state index contributed by atoms with van der Waals surface area (Å²) in [4.78, 5) is 21.9. The van der Waals surface area contributed by atoms with Crippen molar-refractivity contribution >= 4 is 32.7 Å². The number of nitrogen functional groups attached to an aromatic ring is 1. The van der Waals surface area contributed by atoms with Crippen molar-refractivity contribution in [3.8, 4) is 16.9 Å². The number of nitrogens with two attached hydrogens (primary N) is 1. The summed E-state index contributed by atoms with van der Waals surface area (Å²) in [5.74, 6) is -0.217. The Hall–Kier alpha value is -3.92. The monoisotopic (exact) mass is 508 g/mol. The molecule has 1 aliphatic heterocycles. The van der Waals surface area contributed by atoms with E-state index < -0.39 is 20.5 Å². The molecule has 36 heavy (non-hydrogen) atoms. The average molecular weight is 509 g/mol. The van der Waals surface area contributed by atoms with Crippen molar-refractivity contribution in [2.45, 2.75) is 24.8 Å². The van der Waals surface area contributed by atoms with Gasteiger partial charge in [0.05, 0.1) is 17.6 Å². The van der Waals surface area contributed by atoms with Crippen molar-refractivity contribution < 1.29 is 22.3 Å². The fourth-order valence-electron chi connectivity index (χ4n) is 4.56. The highest BCUT2D eigenvalue weighted by Crippen LogP contribution is 2.32. The molecule has 0 aliphatic carbocycles. The average Bonchev–Trinajstić information content (AvgIpc) is 3.08.